The Morgan fingerprint density at radius 1 is 0.905 bits per heavy atom. The van der Waals surface area contributed by atoms with E-state index in [9.17, 15) is 4.79 Å². The lowest BCUT2D eigenvalue weighted by molar-refractivity contribution is 0.0936. The topological polar surface area (TPSA) is 54.0 Å². The SMILES string of the molecule is O=C1NC(c2ccnc3ccccc23)Nc2ccccc21. The Labute approximate surface area is 121 Å². The number of nitrogens with one attached hydrogen (secondary N) is 2. The van der Waals surface area contributed by atoms with Gasteiger partial charge < -0.3 is 10.6 Å². The van der Waals surface area contributed by atoms with E-state index in [1.165, 1.54) is 0 Å². The van der Waals surface area contributed by atoms with Gasteiger partial charge in [-0.25, -0.2) is 0 Å². The van der Waals surface area contributed by atoms with E-state index >= 15 is 0 Å². The molecule has 0 spiro atoms. The molecule has 2 heterocycles. The molecule has 0 radical (unpaired) electrons. The van der Waals surface area contributed by atoms with Crippen LogP contribution in [-0.4, -0.2) is 10.9 Å². The summed E-state index contributed by atoms with van der Waals surface area (Å²) in [5, 5.41) is 7.42. The van der Waals surface area contributed by atoms with E-state index in [0.29, 0.717) is 5.56 Å². The maximum Gasteiger partial charge on any atom is 0.255 e. The number of fused-ring (bicyclic) bond motifs is 2. The molecular formula is C17H13N3O. The summed E-state index contributed by atoms with van der Waals surface area (Å²) >= 11 is 0. The number of carbonyl (C=O) groups is 1. The van der Waals surface area contributed by atoms with Crippen molar-refractivity contribution >= 4 is 22.5 Å². The monoisotopic (exact) mass is 275 g/mol. The van der Waals surface area contributed by atoms with Crippen molar-refractivity contribution in [3.63, 3.8) is 0 Å². The van der Waals surface area contributed by atoms with Crippen molar-refractivity contribution in [2.75, 3.05) is 5.32 Å². The van der Waals surface area contributed by atoms with E-state index in [1.54, 1.807) is 6.20 Å². The molecule has 4 rings (SSSR count). The van der Waals surface area contributed by atoms with Crippen LogP contribution in [0.2, 0.25) is 0 Å². The summed E-state index contributed by atoms with van der Waals surface area (Å²) in [6.07, 6.45) is 1.52. The maximum atomic E-state index is 12.2. The van der Waals surface area contributed by atoms with Gasteiger partial charge in [-0.2, -0.15) is 0 Å². The Hall–Kier alpha value is -2.88. The molecule has 3 aromatic rings. The molecule has 2 N–H and O–H groups in total. The van der Waals surface area contributed by atoms with Gasteiger partial charge in [-0.1, -0.05) is 30.3 Å². The standard InChI is InChI=1S/C17H13N3O/c21-17-13-6-2-4-8-15(13)19-16(20-17)12-9-10-18-14-7-3-1-5-11(12)14/h1-10,16,19H,(H,20,21). The number of hydrogen-bond acceptors (Lipinski definition) is 3. The van der Waals surface area contributed by atoms with Gasteiger partial charge in [-0.15, -0.1) is 0 Å². The Kier molecular flexibility index (Phi) is 2.60. The summed E-state index contributed by atoms with van der Waals surface area (Å²) < 4.78 is 0. The van der Waals surface area contributed by atoms with Crippen molar-refractivity contribution in [1.82, 2.24) is 10.3 Å². The normalized spacial score (nSPS) is 17.0. The summed E-state index contributed by atoms with van der Waals surface area (Å²) in [5.41, 5.74) is 3.47. The number of rotatable bonds is 1. The van der Waals surface area contributed by atoms with Crippen molar-refractivity contribution < 1.29 is 4.79 Å². The zero-order valence-corrected chi connectivity index (χ0v) is 11.2. The first-order valence-electron chi connectivity index (χ1n) is 6.83. The second kappa shape index (κ2) is 4.59. The number of pyridine rings is 1. The molecule has 102 valence electrons. The molecule has 0 aliphatic carbocycles. The van der Waals surface area contributed by atoms with Crippen molar-refractivity contribution in [1.29, 1.82) is 0 Å². The van der Waals surface area contributed by atoms with Crippen LogP contribution in [-0.2, 0) is 0 Å². The molecule has 2 aromatic carbocycles. The number of para-hydroxylation sites is 2. The van der Waals surface area contributed by atoms with Gasteiger partial charge >= 0.3 is 0 Å². The van der Waals surface area contributed by atoms with Crippen LogP contribution < -0.4 is 10.6 Å². The third-order valence-corrected chi connectivity index (χ3v) is 3.74. The van der Waals surface area contributed by atoms with Crippen molar-refractivity contribution in [3.8, 4) is 0 Å². The second-order valence-corrected chi connectivity index (χ2v) is 5.01. The third kappa shape index (κ3) is 1.92. The molecule has 4 nitrogen and oxygen atoms in total. The summed E-state index contributed by atoms with van der Waals surface area (Å²) in [6, 6.07) is 17.4. The van der Waals surface area contributed by atoms with Crippen LogP contribution in [0.1, 0.15) is 22.1 Å². The molecule has 0 bridgehead atoms. The number of anilines is 1. The first-order valence-corrected chi connectivity index (χ1v) is 6.83. The van der Waals surface area contributed by atoms with Gasteiger partial charge in [0, 0.05) is 22.8 Å². The molecule has 1 aliphatic heterocycles. The van der Waals surface area contributed by atoms with Gasteiger partial charge in [0.1, 0.15) is 6.17 Å². The fraction of sp³-hybridized carbons (Fsp3) is 0.0588. The molecule has 1 aromatic heterocycles. The Balaban J connectivity index is 1.83. The number of amides is 1. The van der Waals surface area contributed by atoms with Crippen LogP contribution in [0.25, 0.3) is 10.9 Å². The highest BCUT2D eigenvalue weighted by Crippen LogP contribution is 2.29. The predicted molar refractivity (Wildman–Crippen MR) is 82.0 cm³/mol. The number of benzene rings is 2. The number of carbonyl (C=O) groups excluding carboxylic acids is 1. The Bertz CT molecular complexity index is 839. The van der Waals surface area contributed by atoms with Gasteiger partial charge in [0.15, 0.2) is 0 Å². The maximum absolute atomic E-state index is 12.2. The van der Waals surface area contributed by atoms with E-state index < -0.39 is 0 Å². The second-order valence-electron chi connectivity index (χ2n) is 5.01. The molecule has 0 saturated carbocycles. The molecule has 0 fully saturated rings. The van der Waals surface area contributed by atoms with Crippen LogP contribution in [0.15, 0.2) is 60.8 Å². The minimum atomic E-state index is -0.250. The quantitative estimate of drug-likeness (QED) is 0.717. The summed E-state index contributed by atoms with van der Waals surface area (Å²) in [6.45, 7) is 0. The van der Waals surface area contributed by atoms with Gasteiger partial charge in [-0.3, -0.25) is 9.78 Å². The summed E-state index contributed by atoms with van der Waals surface area (Å²) in [4.78, 5) is 16.6. The van der Waals surface area contributed by atoms with Gasteiger partial charge in [-0.05, 0) is 24.3 Å². The average molecular weight is 275 g/mol. The average Bonchev–Trinajstić information content (AvgIpc) is 2.54. The first kappa shape index (κ1) is 11.9. The van der Waals surface area contributed by atoms with Crippen LogP contribution in [0, 0.1) is 0 Å². The van der Waals surface area contributed by atoms with E-state index in [1.807, 2.05) is 54.6 Å². The number of hydrogen-bond donors (Lipinski definition) is 2. The minimum Gasteiger partial charge on any atom is -0.361 e. The molecule has 4 heteroatoms. The number of aromatic nitrogens is 1. The van der Waals surface area contributed by atoms with Crippen molar-refractivity contribution in [3.05, 3.63) is 71.9 Å². The highest BCUT2D eigenvalue weighted by molar-refractivity contribution is 6.02. The van der Waals surface area contributed by atoms with Gasteiger partial charge in [0.2, 0.25) is 0 Å². The lowest BCUT2D eigenvalue weighted by Gasteiger charge is -2.28. The number of nitrogens with zero attached hydrogens (tertiary/aromatic N) is 1. The smallest absolute Gasteiger partial charge is 0.255 e. The molecule has 1 unspecified atom stereocenters. The van der Waals surface area contributed by atoms with E-state index in [0.717, 1.165) is 22.2 Å². The fourth-order valence-corrected chi connectivity index (χ4v) is 2.73. The minimum absolute atomic E-state index is 0.0600. The third-order valence-electron chi connectivity index (χ3n) is 3.74. The zero-order chi connectivity index (χ0) is 14.2. The lowest BCUT2D eigenvalue weighted by atomic mass is 10.0. The zero-order valence-electron chi connectivity index (χ0n) is 11.2. The van der Waals surface area contributed by atoms with Crippen molar-refractivity contribution in [2.45, 2.75) is 6.17 Å². The highest BCUT2D eigenvalue weighted by Gasteiger charge is 2.25. The van der Waals surface area contributed by atoms with Crippen LogP contribution >= 0.6 is 0 Å². The summed E-state index contributed by atoms with van der Waals surface area (Å²) in [7, 11) is 0. The van der Waals surface area contributed by atoms with Gasteiger partial charge in [0.25, 0.3) is 5.91 Å². The Morgan fingerprint density at radius 3 is 2.67 bits per heavy atom. The largest absolute Gasteiger partial charge is 0.361 e. The molecule has 1 aliphatic rings. The molecule has 0 saturated heterocycles. The fourth-order valence-electron chi connectivity index (χ4n) is 2.73. The van der Waals surface area contributed by atoms with Crippen LogP contribution in [0.4, 0.5) is 5.69 Å². The molecule has 1 atom stereocenters. The molecule has 1 amide bonds. The molecular weight excluding hydrogens is 262 g/mol. The lowest BCUT2D eigenvalue weighted by Crippen LogP contribution is -2.38. The summed E-state index contributed by atoms with van der Waals surface area (Å²) in [5.74, 6) is -0.0600. The van der Waals surface area contributed by atoms with E-state index in [-0.39, 0.29) is 12.1 Å². The van der Waals surface area contributed by atoms with E-state index in [4.69, 9.17) is 0 Å². The van der Waals surface area contributed by atoms with Crippen LogP contribution in [0.3, 0.4) is 0 Å². The highest BCUT2D eigenvalue weighted by atomic mass is 16.2. The molecule has 21 heavy (non-hydrogen) atoms. The Morgan fingerprint density at radius 2 is 1.71 bits per heavy atom. The van der Waals surface area contributed by atoms with E-state index in [2.05, 4.69) is 15.6 Å². The first-order chi connectivity index (χ1) is 10.3. The predicted octanol–water partition coefficient (Wildman–Crippen LogP) is 3.09. The van der Waals surface area contributed by atoms with Crippen LogP contribution in [0.5, 0.6) is 0 Å². The van der Waals surface area contributed by atoms with Gasteiger partial charge in [0.05, 0.1) is 11.1 Å². The van der Waals surface area contributed by atoms with Crippen molar-refractivity contribution in [2.24, 2.45) is 0 Å².